The summed E-state index contributed by atoms with van der Waals surface area (Å²) in [5.74, 6) is 1.42. The van der Waals surface area contributed by atoms with Crippen molar-refractivity contribution in [1.29, 1.82) is 0 Å². The molecule has 0 bridgehead atoms. The van der Waals surface area contributed by atoms with E-state index in [1.165, 1.54) is 18.5 Å². The molecule has 0 amide bonds. The van der Waals surface area contributed by atoms with Gasteiger partial charge in [0.2, 0.25) is 0 Å². The van der Waals surface area contributed by atoms with Crippen molar-refractivity contribution >= 4 is 21.7 Å². The molecule has 3 N–H and O–H groups in total. The fraction of sp³-hybridized carbons (Fsp3) is 0.308. The quantitative estimate of drug-likeness (QED) is 0.911. The molecule has 1 aliphatic carbocycles. The van der Waals surface area contributed by atoms with Crippen molar-refractivity contribution < 1.29 is 0 Å². The Morgan fingerprint density at radius 3 is 2.65 bits per heavy atom. The number of halogens is 1. The third-order valence-corrected chi connectivity index (χ3v) is 3.72. The smallest absolute Gasteiger partial charge is 0.153 e. The topological polar surface area (TPSA) is 54.7 Å². The van der Waals surface area contributed by atoms with Crippen LogP contribution in [-0.4, -0.2) is 10.2 Å². The van der Waals surface area contributed by atoms with E-state index >= 15 is 0 Å². The van der Waals surface area contributed by atoms with Gasteiger partial charge in [0, 0.05) is 15.7 Å². The molecule has 0 aliphatic heterocycles. The number of rotatable bonds is 3. The highest BCUT2D eigenvalue weighted by Gasteiger charge is 2.25. The van der Waals surface area contributed by atoms with Gasteiger partial charge in [-0.2, -0.15) is 5.10 Å². The van der Waals surface area contributed by atoms with Crippen molar-refractivity contribution in [3.05, 3.63) is 34.4 Å². The zero-order chi connectivity index (χ0) is 11.8. The molecule has 1 fully saturated rings. The number of benzene rings is 1. The van der Waals surface area contributed by atoms with E-state index in [1.54, 1.807) is 0 Å². The number of hydrogen-bond acceptors (Lipinski definition) is 2. The molecule has 1 saturated carbocycles. The van der Waals surface area contributed by atoms with Gasteiger partial charge in [0.25, 0.3) is 0 Å². The minimum absolute atomic E-state index is 0.600. The van der Waals surface area contributed by atoms with Gasteiger partial charge in [-0.05, 0) is 42.9 Å². The summed E-state index contributed by atoms with van der Waals surface area (Å²) in [5.41, 5.74) is 9.33. The van der Waals surface area contributed by atoms with Crippen LogP contribution in [0.4, 0.5) is 5.82 Å². The van der Waals surface area contributed by atoms with Gasteiger partial charge in [-0.25, -0.2) is 0 Å². The number of aromatic amines is 1. The van der Waals surface area contributed by atoms with E-state index < -0.39 is 0 Å². The van der Waals surface area contributed by atoms with E-state index in [-0.39, 0.29) is 0 Å². The zero-order valence-electron chi connectivity index (χ0n) is 9.41. The lowest BCUT2D eigenvalue weighted by molar-refractivity contribution is 0.798. The number of H-pyrrole nitrogens is 1. The Hall–Kier alpha value is -1.29. The summed E-state index contributed by atoms with van der Waals surface area (Å²) < 4.78 is 1.08. The first-order chi connectivity index (χ1) is 8.24. The van der Waals surface area contributed by atoms with Crippen LogP contribution in [0.5, 0.6) is 0 Å². The molecule has 3 rings (SSSR count). The summed E-state index contributed by atoms with van der Waals surface area (Å²) in [4.78, 5) is 0. The molecule has 2 aromatic rings. The van der Waals surface area contributed by atoms with Crippen molar-refractivity contribution in [1.82, 2.24) is 10.2 Å². The molecule has 1 aromatic heterocycles. The van der Waals surface area contributed by atoms with Crippen LogP contribution in [0, 0.1) is 5.92 Å². The van der Waals surface area contributed by atoms with E-state index in [1.807, 2.05) is 12.1 Å². The minimum atomic E-state index is 0.600. The molecular weight excluding hydrogens is 278 g/mol. The maximum absolute atomic E-state index is 5.95. The van der Waals surface area contributed by atoms with Crippen LogP contribution in [0.25, 0.3) is 11.1 Å². The van der Waals surface area contributed by atoms with Gasteiger partial charge in [-0.15, -0.1) is 0 Å². The maximum Gasteiger partial charge on any atom is 0.153 e. The molecule has 88 valence electrons. The molecule has 0 radical (unpaired) electrons. The highest BCUT2D eigenvalue weighted by Crippen LogP contribution is 2.37. The second-order valence-electron chi connectivity index (χ2n) is 4.62. The largest absolute Gasteiger partial charge is 0.382 e. The zero-order valence-corrected chi connectivity index (χ0v) is 11.0. The van der Waals surface area contributed by atoms with Crippen LogP contribution in [0.2, 0.25) is 0 Å². The number of aromatic nitrogens is 2. The number of nitrogen functional groups attached to an aromatic ring is 1. The highest BCUT2D eigenvalue weighted by molar-refractivity contribution is 9.10. The predicted octanol–water partition coefficient (Wildman–Crippen LogP) is 3.37. The second-order valence-corrected chi connectivity index (χ2v) is 5.53. The fourth-order valence-electron chi connectivity index (χ4n) is 2.09. The van der Waals surface area contributed by atoms with Gasteiger partial charge >= 0.3 is 0 Å². The van der Waals surface area contributed by atoms with Gasteiger partial charge in [-0.3, -0.25) is 5.10 Å². The molecule has 0 unspecified atom stereocenters. The van der Waals surface area contributed by atoms with E-state index in [0.717, 1.165) is 27.9 Å². The van der Waals surface area contributed by atoms with Crippen LogP contribution >= 0.6 is 15.9 Å². The van der Waals surface area contributed by atoms with Crippen molar-refractivity contribution in [2.45, 2.75) is 19.3 Å². The lowest BCUT2D eigenvalue weighted by Gasteiger charge is -2.04. The monoisotopic (exact) mass is 291 g/mol. The van der Waals surface area contributed by atoms with E-state index in [2.05, 4.69) is 38.3 Å². The first kappa shape index (κ1) is 10.8. The predicted molar refractivity (Wildman–Crippen MR) is 72.6 cm³/mol. The van der Waals surface area contributed by atoms with Crippen molar-refractivity contribution in [2.24, 2.45) is 5.92 Å². The number of nitrogens with two attached hydrogens (primary N) is 1. The Morgan fingerprint density at radius 1 is 1.29 bits per heavy atom. The molecule has 1 heterocycles. The first-order valence-electron chi connectivity index (χ1n) is 5.82. The van der Waals surface area contributed by atoms with Gasteiger partial charge in [0.1, 0.15) is 0 Å². The summed E-state index contributed by atoms with van der Waals surface area (Å²) in [7, 11) is 0. The number of hydrogen-bond donors (Lipinski definition) is 2. The molecule has 1 aliphatic rings. The molecule has 3 nitrogen and oxygen atoms in total. The van der Waals surface area contributed by atoms with Crippen molar-refractivity contribution in [3.63, 3.8) is 0 Å². The van der Waals surface area contributed by atoms with Crippen LogP contribution in [0.1, 0.15) is 18.5 Å². The number of anilines is 1. The Kier molecular flexibility index (Phi) is 2.67. The number of nitrogens with zero attached hydrogens (tertiary/aromatic N) is 1. The van der Waals surface area contributed by atoms with E-state index in [9.17, 15) is 0 Å². The summed E-state index contributed by atoms with van der Waals surface area (Å²) in [6.45, 7) is 0. The minimum Gasteiger partial charge on any atom is -0.382 e. The standard InChI is InChI=1S/C13H14BrN3/c14-10-5-3-9(4-6-10)12-11(7-8-1-2-8)16-17-13(12)15/h3-6,8H,1-2,7H2,(H3,15,16,17). The van der Waals surface area contributed by atoms with E-state index in [0.29, 0.717) is 5.82 Å². The summed E-state index contributed by atoms with van der Waals surface area (Å²) in [6, 6.07) is 8.20. The van der Waals surface area contributed by atoms with Crippen LogP contribution < -0.4 is 5.73 Å². The Bertz CT molecular complexity index is 526. The average molecular weight is 292 g/mol. The molecular formula is C13H14BrN3. The first-order valence-corrected chi connectivity index (χ1v) is 6.62. The summed E-state index contributed by atoms with van der Waals surface area (Å²) >= 11 is 3.44. The molecule has 0 spiro atoms. The lowest BCUT2D eigenvalue weighted by Crippen LogP contribution is -1.92. The van der Waals surface area contributed by atoms with Gasteiger partial charge < -0.3 is 5.73 Å². The second kappa shape index (κ2) is 4.18. The molecule has 0 atom stereocenters. The molecule has 17 heavy (non-hydrogen) atoms. The van der Waals surface area contributed by atoms with Crippen LogP contribution in [0.3, 0.4) is 0 Å². The third-order valence-electron chi connectivity index (χ3n) is 3.19. The molecule has 0 saturated heterocycles. The Balaban J connectivity index is 1.99. The van der Waals surface area contributed by atoms with Gasteiger partial charge in [0.05, 0.1) is 0 Å². The highest BCUT2D eigenvalue weighted by atomic mass is 79.9. The Labute approximate surface area is 109 Å². The lowest BCUT2D eigenvalue weighted by atomic mass is 10.0. The fourth-order valence-corrected chi connectivity index (χ4v) is 2.36. The maximum atomic E-state index is 5.95. The van der Waals surface area contributed by atoms with Crippen molar-refractivity contribution in [3.8, 4) is 11.1 Å². The normalized spacial score (nSPS) is 15.1. The van der Waals surface area contributed by atoms with Gasteiger partial charge in [-0.1, -0.05) is 28.1 Å². The van der Waals surface area contributed by atoms with Crippen LogP contribution in [0.15, 0.2) is 28.7 Å². The third kappa shape index (κ3) is 2.22. The van der Waals surface area contributed by atoms with Gasteiger partial charge in [0.15, 0.2) is 5.82 Å². The average Bonchev–Trinajstić information content (AvgIpc) is 3.05. The van der Waals surface area contributed by atoms with E-state index in [4.69, 9.17) is 5.73 Å². The van der Waals surface area contributed by atoms with Crippen LogP contribution in [-0.2, 0) is 6.42 Å². The molecule has 1 aromatic carbocycles. The Morgan fingerprint density at radius 2 is 2.00 bits per heavy atom. The summed E-state index contributed by atoms with van der Waals surface area (Å²) in [6.07, 6.45) is 3.73. The number of nitrogens with one attached hydrogen (secondary N) is 1. The summed E-state index contributed by atoms with van der Waals surface area (Å²) in [5, 5.41) is 7.21. The molecule has 4 heteroatoms. The van der Waals surface area contributed by atoms with Crippen molar-refractivity contribution in [2.75, 3.05) is 5.73 Å². The SMILES string of the molecule is Nc1n[nH]c(CC2CC2)c1-c1ccc(Br)cc1.